The highest BCUT2D eigenvalue weighted by Gasteiger charge is 2.24. The number of rotatable bonds is 6. The zero-order valence-electron chi connectivity index (χ0n) is 16.4. The van der Waals surface area contributed by atoms with Crippen molar-refractivity contribution < 1.29 is 23.8 Å². The summed E-state index contributed by atoms with van der Waals surface area (Å²) in [6, 6.07) is 12.6. The Labute approximate surface area is 174 Å². The van der Waals surface area contributed by atoms with Crippen LogP contribution in [0.3, 0.4) is 0 Å². The Hall–Kier alpha value is -2.93. The Balaban J connectivity index is 1.55. The number of hydrogen-bond donors (Lipinski definition) is 0. The van der Waals surface area contributed by atoms with Crippen LogP contribution in [0.5, 0.6) is 11.5 Å². The quantitative estimate of drug-likeness (QED) is 0.672. The second kappa shape index (κ2) is 9.52. The molecule has 1 amide bonds. The second-order valence-electron chi connectivity index (χ2n) is 6.46. The zero-order chi connectivity index (χ0) is 20.8. The molecule has 8 heteroatoms. The number of amides is 1. The van der Waals surface area contributed by atoms with Crippen LogP contribution in [0.4, 0.5) is 5.69 Å². The van der Waals surface area contributed by atoms with Gasteiger partial charge in [0, 0.05) is 36.9 Å². The number of carbonyl (C=O) groups is 2. The number of ether oxygens (including phenoxy) is 3. The Bertz CT molecular complexity index is 859. The molecule has 29 heavy (non-hydrogen) atoms. The van der Waals surface area contributed by atoms with Crippen LogP contribution in [0.1, 0.15) is 10.4 Å². The lowest BCUT2D eigenvalue weighted by molar-refractivity contribution is -0.134. The van der Waals surface area contributed by atoms with Gasteiger partial charge >= 0.3 is 5.97 Å². The molecule has 154 valence electrons. The van der Waals surface area contributed by atoms with Gasteiger partial charge in [0.2, 0.25) is 0 Å². The van der Waals surface area contributed by atoms with Crippen LogP contribution in [0.2, 0.25) is 5.02 Å². The maximum Gasteiger partial charge on any atom is 0.346 e. The molecule has 0 N–H and O–H groups in total. The van der Waals surface area contributed by atoms with Crippen molar-refractivity contribution in [3.8, 4) is 11.5 Å². The van der Waals surface area contributed by atoms with Crippen LogP contribution in [-0.4, -0.2) is 63.8 Å². The van der Waals surface area contributed by atoms with Crippen LogP contribution in [0.25, 0.3) is 0 Å². The minimum Gasteiger partial charge on any atom is -0.496 e. The van der Waals surface area contributed by atoms with Crippen LogP contribution < -0.4 is 14.4 Å². The second-order valence-corrected chi connectivity index (χ2v) is 6.90. The molecule has 0 saturated carbocycles. The summed E-state index contributed by atoms with van der Waals surface area (Å²) in [4.78, 5) is 28.8. The molecule has 0 atom stereocenters. The van der Waals surface area contributed by atoms with Gasteiger partial charge in [0.25, 0.3) is 5.91 Å². The molecular formula is C21H23ClN2O5. The van der Waals surface area contributed by atoms with Crippen molar-refractivity contribution in [1.82, 2.24) is 4.90 Å². The Morgan fingerprint density at radius 1 is 0.966 bits per heavy atom. The molecule has 0 aliphatic carbocycles. The molecule has 0 spiro atoms. The summed E-state index contributed by atoms with van der Waals surface area (Å²) < 4.78 is 15.6. The number of esters is 1. The topological polar surface area (TPSA) is 68.3 Å². The average molecular weight is 419 g/mol. The minimum atomic E-state index is -0.662. The predicted molar refractivity (Wildman–Crippen MR) is 110 cm³/mol. The van der Waals surface area contributed by atoms with Gasteiger partial charge in [-0.1, -0.05) is 23.7 Å². The first-order chi connectivity index (χ1) is 14.0. The first kappa shape index (κ1) is 20.8. The van der Waals surface area contributed by atoms with Crippen molar-refractivity contribution in [2.24, 2.45) is 0 Å². The number of piperazine rings is 1. The maximum absolute atomic E-state index is 12.5. The van der Waals surface area contributed by atoms with Crippen LogP contribution >= 0.6 is 11.6 Å². The maximum atomic E-state index is 12.5. The van der Waals surface area contributed by atoms with Gasteiger partial charge in [-0.05, 0) is 30.3 Å². The standard InChI is InChI=1S/C21H23ClN2O5/c1-27-17-7-4-8-18(28-2)20(17)21(26)29-14-19(25)24-11-9-23(10-12-24)16-6-3-5-15(22)13-16/h3-8,13H,9-12,14H2,1-2H3. The average Bonchev–Trinajstić information content (AvgIpc) is 2.76. The van der Waals surface area contributed by atoms with E-state index in [0.717, 1.165) is 5.69 Å². The number of halogens is 1. The smallest absolute Gasteiger partial charge is 0.346 e. The van der Waals surface area contributed by atoms with Crippen LogP contribution in [0, 0.1) is 0 Å². The van der Waals surface area contributed by atoms with E-state index in [9.17, 15) is 9.59 Å². The molecule has 1 fully saturated rings. The Morgan fingerprint density at radius 2 is 1.59 bits per heavy atom. The highest BCUT2D eigenvalue weighted by molar-refractivity contribution is 6.30. The summed E-state index contributed by atoms with van der Waals surface area (Å²) in [5, 5.41) is 0.680. The van der Waals surface area contributed by atoms with Crippen molar-refractivity contribution in [3.63, 3.8) is 0 Å². The van der Waals surface area contributed by atoms with Gasteiger partial charge in [-0.25, -0.2) is 4.79 Å². The van der Waals surface area contributed by atoms with Crippen molar-refractivity contribution >= 4 is 29.2 Å². The van der Waals surface area contributed by atoms with E-state index in [0.29, 0.717) is 42.7 Å². The SMILES string of the molecule is COc1cccc(OC)c1C(=O)OCC(=O)N1CCN(c2cccc(Cl)c2)CC1. The molecule has 1 aliphatic rings. The molecule has 0 radical (unpaired) electrons. The van der Waals surface area contributed by atoms with Crippen molar-refractivity contribution in [1.29, 1.82) is 0 Å². The number of benzene rings is 2. The van der Waals surface area contributed by atoms with E-state index in [1.807, 2.05) is 24.3 Å². The monoisotopic (exact) mass is 418 g/mol. The van der Waals surface area contributed by atoms with Gasteiger partial charge in [0.15, 0.2) is 6.61 Å². The van der Waals surface area contributed by atoms with Gasteiger partial charge in [0.1, 0.15) is 17.1 Å². The summed E-state index contributed by atoms with van der Waals surface area (Å²) in [7, 11) is 2.91. The largest absolute Gasteiger partial charge is 0.496 e. The molecule has 2 aromatic carbocycles. The molecule has 1 saturated heterocycles. The van der Waals surface area contributed by atoms with Gasteiger partial charge in [-0.3, -0.25) is 4.79 Å². The van der Waals surface area contributed by atoms with Crippen molar-refractivity contribution in [2.75, 3.05) is 51.9 Å². The lowest BCUT2D eigenvalue weighted by Gasteiger charge is -2.36. The molecule has 1 heterocycles. The minimum absolute atomic E-state index is 0.163. The fourth-order valence-electron chi connectivity index (χ4n) is 3.23. The van der Waals surface area contributed by atoms with E-state index >= 15 is 0 Å². The number of hydrogen-bond acceptors (Lipinski definition) is 6. The number of nitrogens with zero attached hydrogens (tertiary/aromatic N) is 2. The third-order valence-corrected chi connectivity index (χ3v) is 5.00. The van der Waals surface area contributed by atoms with E-state index in [-0.39, 0.29) is 18.1 Å². The molecule has 7 nitrogen and oxygen atoms in total. The van der Waals surface area contributed by atoms with E-state index in [4.69, 9.17) is 25.8 Å². The Kier molecular flexibility index (Phi) is 6.82. The lowest BCUT2D eigenvalue weighted by Crippen LogP contribution is -2.49. The molecule has 1 aliphatic heterocycles. The number of carbonyl (C=O) groups excluding carboxylic acids is 2. The van der Waals surface area contributed by atoms with E-state index in [1.54, 1.807) is 23.1 Å². The van der Waals surface area contributed by atoms with Gasteiger partial charge in [0.05, 0.1) is 14.2 Å². The van der Waals surface area contributed by atoms with E-state index in [1.165, 1.54) is 14.2 Å². The first-order valence-corrected chi connectivity index (χ1v) is 9.57. The van der Waals surface area contributed by atoms with Gasteiger partial charge in [-0.2, -0.15) is 0 Å². The van der Waals surface area contributed by atoms with Gasteiger partial charge in [-0.15, -0.1) is 0 Å². The molecular weight excluding hydrogens is 396 g/mol. The normalized spacial score (nSPS) is 13.8. The molecule has 3 rings (SSSR count). The fourth-order valence-corrected chi connectivity index (χ4v) is 3.41. The van der Waals surface area contributed by atoms with Gasteiger partial charge < -0.3 is 24.0 Å². The van der Waals surface area contributed by atoms with E-state index in [2.05, 4.69) is 4.90 Å². The summed E-state index contributed by atoms with van der Waals surface area (Å²) >= 11 is 6.05. The zero-order valence-corrected chi connectivity index (χ0v) is 17.1. The van der Waals surface area contributed by atoms with E-state index < -0.39 is 5.97 Å². The molecule has 2 aromatic rings. The summed E-state index contributed by atoms with van der Waals surface area (Å²) in [6.07, 6.45) is 0. The molecule has 0 aromatic heterocycles. The van der Waals surface area contributed by atoms with Crippen molar-refractivity contribution in [3.05, 3.63) is 53.1 Å². The number of methoxy groups -OCH3 is 2. The van der Waals surface area contributed by atoms with Crippen LogP contribution in [-0.2, 0) is 9.53 Å². The first-order valence-electron chi connectivity index (χ1n) is 9.20. The highest BCUT2D eigenvalue weighted by atomic mass is 35.5. The molecule has 0 bridgehead atoms. The van der Waals surface area contributed by atoms with Crippen molar-refractivity contribution in [2.45, 2.75) is 0 Å². The summed E-state index contributed by atoms with van der Waals surface area (Å²) in [5.41, 5.74) is 1.19. The number of anilines is 1. The summed E-state index contributed by atoms with van der Waals surface area (Å²) in [5.74, 6) is -0.239. The Morgan fingerprint density at radius 3 is 2.17 bits per heavy atom. The predicted octanol–water partition coefficient (Wildman–Crippen LogP) is 2.86. The summed E-state index contributed by atoms with van der Waals surface area (Å²) in [6.45, 7) is 2.11. The molecule has 0 unspecified atom stereocenters. The third kappa shape index (κ3) is 4.92. The lowest BCUT2D eigenvalue weighted by atomic mass is 10.2. The van der Waals surface area contributed by atoms with Crippen LogP contribution in [0.15, 0.2) is 42.5 Å². The fraction of sp³-hybridized carbons (Fsp3) is 0.333. The highest BCUT2D eigenvalue weighted by Crippen LogP contribution is 2.29. The third-order valence-electron chi connectivity index (χ3n) is 4.76.